The quantitative estimate of drug-likeness (QED) is 0.694. The number of carbonyl (C=O) groups excluding carboxylic acids is 1. The molecule has 0 spiro atoms. The average molecular weight is 320 g/mol. The molecule has 1 heterocycles. The molecule has 0 saturated heterocycles. The number of rotatable bonds is 4. The van der Waals surface area contributed by atoms with Gasteiger partial charge in [0.2, 0.25) is 5.13 Å². The van der Waals surface area contributed by atoms with Gasteiger partial charge in [-0.05, 0) is 18.6 Å². The van der Waals surface area contributed by atoms with E-state index in [-0.39, 0.29) is 16.3 Å². The Hall–Kier alpha value is -2.66. The van der Waals surface area contributed by atoms with Crippen LogP contribution in [0, 0.1) is 23.0 Å². The Kier molecular flexibility index (Phi) is 4.91. The first-order valence-electron chi connectivity index (χ1n) is 6.24. The highest BCUT2D eigenvalue weighted by Crippen LogP contribution is 2.18. The standard InChI is InChI=1S/C14H10F2N4OS/c1-2-11-19-20-14(22-11)18-13(21)9(7-17)6-8-4-3-5-10(15)12(8)16/h3-6H,2H2,1H3,(H,18,20,21)/b9-6+. The number of hydrogen-bond acceptors (Lipinski definition) is 5. The van der Waals surface area contributed by atoms with Gasteiger partial charge in [-0.3, -0.25) is 10.1 Å². The number of aryl methyl sites for hydroxylation is 1. The molecule has 0 radical (unpaired) electrons. The van der Waals surface area contributed by atoms with Crippen LogP contribution in [0.5, 0.6) is 0 Å². The Morgan fingerprint density at radius 1 is 1.45 bits per heavy atom. The maximum atomic E-state index is 13.6. The molecule has 1 N–H and O–H groups in total. The largest absolute Gasteiger partial charge is 0.296 e. The van der Waals surface area contributed by atoms with Gasteiger partial charge in [-0.25, -0.2) is 8.78 Å². The zero-order valence-corrected chi connectivity index (χ0v) is 12.2. The predicted molar refractivity (Wildman–Crippen MR) is 77.9 cm³/mol. The molecule has 1 amide bonds. The van der Waals surface area contributed by atoms with Crippen molar-refractivity contribution in [2.45, 2.75) is 13.3 Å². The number of nitrogens with one attached hydrogen (secondary N) is 1. The van der Waals surface area contributed by atoms with Gasteiger partial charge < -0.3 is 0 Å². The summed E-state index contributed by atoms with van der Waals surface area (Å²) in [5.74, 6) is -2.93. The van der Waals surface area contributed by atoms with Crippen LogP contribution in [0.1, 0.15) is 17.5 Å². The van der Waals surface area contributed by atoms with Crippen molar-refractivity contribution in [2.75, 3.05) is 5.32 Å². The van der Waals surface area contributed by atoms with Crippen molar-refractivity contribution in [3.05, 3.63) is 46.0 Å². The number of benzene rings is 1. The molecular weight excluding hydrogens is 310 g/mol. The molecule has 0 aliphatic heterocycles. The highest BCUT2D eigenvalue weighted by molar-refractivity contribution is 7.15. The lowest BCUT2D eigenvalue weighted by Crippen LogP contribution is -2.13. The minimum atomic E-state index is -1.12. The van der Waals surface area contributed by atoms with E-state index in [1.165, 1.54) is 23.5 Å². The van der Waals surface area contributed by atoms with Gasteiger partial charge in [0, 0.05) is 5.56 Å². The average Bonchev–Trinajstić information content (AvgIpc) is 2.96. The minimum absolute atomic E-state index is 0.182. The van der Waals surface area contributed by atoms with Crippen molar-refractivity contribution < 1.29 is 13.6 Å². The summed E-state index contributed by atoms with van der Waals surface area (Å²) in [6.07, 6.45) is 1.65. The van der Waals surface area contributed by atoms with E-state index in [1.54, 1.807) is 6.07 Å². The molecule has 0 aliphatic rings. The number of nitrogens with zero attached hydrogens (tertiary/aromatic N) is 3. The number of aromatic nitrogens is 2. The number of hydrogen-bond donors (Lipinski definition) is 1. The maximum absolute atomic E-state index is 13.6. The van der Waals surface area contributed by atoms with Crippen LogP contribution in [0.4, 0.5) is 13.9 Å². The summed E-state index contributed by atoms with van der Waals surface area (Å²) in [7, 11) is 0. The lowest BCUT2D eigenvalue weighted by Gasteiger charge is -2.01. The Balaban J connectivity index is 2.23. The number of anilines is 1. The van der Waals surface area contributed by atoms with E-state index < -0.39 is 17.5 Å². The highest BCUT2D eigenvalue weighted by Gasteiger charge is 2.14. The molecule has 1 aromatic carbocycles. The van der Waals surface area contributed by atoms with E-state index in [1.807, 2.05) is 6.92 Å². The molecule has 0 aliphatic carbocycles. The second kappa shape index (κ2) is 6.87. The zero-order valence-electron chi connectivity index (χ0n) is 11.4. The second-order valence-electron chi connectivity index (χ2n) is 4.12. The molecule has 2 aromatic rings. The van der Waals surface area contributed by atoms with Crippen LogP contribution in [0.3, 0.4) is 0 Å². The third-order valence-electron chi connectivity index (χ3n) is 2.64. The maximum Gasteiger partial charge on any atom is 0.268 e. The molecule has 0 bridgehead atoms. The van der Waals surface area contributed by atoms with Gasteiger partial charge in [-0.15, -0.1) is 10.2 Å². The summed E-state index contributed by atoms with van der Waals surface area (Å²) >= 11 is 1.18. The fourth-order valence-electron chi connectivity index (χ4n) is 1.55. The highest BCUT2D eigenvalue weighted by atomic mass is 32.1. The van der Waals surface area contributed by atoms with Crippen LogP contribution in [0.2, 0.25) is 0 Å². The molecule has 0 atom stereocenters. The Morgan fingerprint density at radius 2 is 2.23 bits per heavy atom. The van der Waals surface area contributed by atoms with Crippen LogP contribution in [-0.4, -0.2) is 16.1 Å². The fourth-order valence-corrected chi connectivity index (χ4v) is 2.22. The molecule has 22 heavy (non-hydrogen) atoms. The van der Waals surface area contributed by atoms with Crippen LogP contribution in [0.15, 0.2) is 23.8 Å². The van der Waals surface area contributed by atoms with Crippen LogP contribution in [-0.2, 0) is 11.2 Å². The molecule has 112 valence electrons. The summed E-state index contributed by atoms with van der Waals surface area (Å²) in [5, 5.41) is 20.0. The van der Waals surface area contributed by atoms with E-state index in [4.69, 9.17) is 5.26 Å². The third-order valence-corrected chi connectivity index (χ3v) is 3.62. The van der Waals surface area contributed by atoms with Gasteiger partial charge in [-0.1, -0.05) is 30.4 Å². The summed E-state index contributed by atoms with van der Waals surface area (Å²) in [6, 6.07) is 5.16. The Labute approximate surface area is 128 Å². The first-order valence-corrected chi connectivity index (χ1v) is 7.06. The minimum Gasteiger partial charge on any atom is -0.296 e. The monoisotopic (exact) mass is 320 g/mol. The van der Waals surface area contributed by atoms with Gasteiger partial charge in [0.1, 0.15) is 16.6 Å². The van der Waals surface area contributed by atoms with Gasteiger partial charge in [0.05, 0.1) is 0 Å². The van der Waals surface area contributed by atoms with Crippen LogP contribution in [0.25, 0.3) is 6.08 Å². The molecule has 2 rings (SSSR count). The van der Waals surface area contributed by atoms with E-state index in [0.29, 0.717) is 6.42 Å². The van der Waals surface area contributed by atoms with Gasteiger partial charge in [0.25, 0.3) is 5.91 Å². The van der Waals surface area contributed by atoms with E-state index in [0.717, 1.165) is 17.2 Å². The normalized spacial score (nSPS) is 11.1. The molecule has 0 fully saturated rings. The van der Waals surface area contributed by atoms with Crippen molar-refractivity contribution in [3.63, 3.8) is 0 Å². The van der Waals surface area contributed by atoms with E-state index in [2.05, 4.69) is 15.5 Å². The van der Waals surface area contributed by atoms with Gasteiger partial charge >= 0.3 is 0 Å². The van der Waals surface area contributed by atoms with E-state index >= 15 is 0 Å². The summed E-state index contributed by atoms with van der Waals surface area (Å²) < 4.78 is 26.7. The summed E-state index contributed by atoms with van der Waals surface area (Å²) in [5.41, 5.74) is -0.545. The molecule has 0 saturated carbocycles. The van der Waals surface area contributed by atoms with E-state index in [9.17, 15) is 13.6 Å². The number of halogens is 2. The first kappa shape index (κ1) is 15.7. The molecule has 8 heteroatoms. The molecular formula is C14H10F2N4OS. The van der Waals surface area contributed by atoms with Crippen molar-refractivity contribution >= 4 is 28.5 Å². The molecule has 5 nitrogen and oxygen atoms in total. The lowest BCUT2D eigenvalue weighted by atomic mass is 10.1. The SMILES string of the molecule is CCc1nnc(NC(=O)/C(C#N)=C/c2cccc(F)c2F)s1. The van der Waals surface area contributed by atoms with Crippen molar-refractivity contribution in [3.8, 4) is 6.07 Å². The third kappa shape index (κ3) is 3.51. The summed E-state index contributed by atoms with van der Waals surface area (Å²) in [6.45, 7) is 1.89. The first-order chi connectivity index (χ1) is 10.5. The van der Waals surface area contributed by atoms with Gasteiger partial charge in [-0.2, -0.15) is 5.26 Å². The Bertz CT molecular complexity index is 779. The van der Waals surface area contributed by atoms with Crippen molar-refractivity contribution in [2.24, 2.45) is 0 Å². The number of amides is 1. The van der Waals surface area contributed by atoms with Crippen molar-refractivity contribution in [1.29, 1.82) is 5.26 Å². The number of nitriles is 1. The fraction of sp³-hybridized carbons (Fsp3) is 0.143. The number of carbonyl (C=O) groups is 1. The smallest absolute Gasteiger partial charge is 0.268 e. The topological polar surface area (TPSA) is 78.7 Å². The van der Waals surface area contributed by atoms with Gasteiger partial charge in [0.15, 0.2) is 11.6 Å². The summed E-state index contributed by atoms with van der Waals surface area (Å²) in [4.78, 5) is 12.0. The molecule has 0 unspecified atom stereocenters. The van der Waals surface area contributed by atoms with Crippen LogP contribution < -0.4 is 5.32 Å². The lowest BCUT2D eigenvalue weighted by molar-refractivity contribution is -0.112. The van der Waals surface area contributed by atoms with Crippen molar-refractivity contribution in [1.82, 2.24) is 10.2 Å². The van der Waals surface area contributed by atoms with Crippen LogP contribution >= 0.6 is 11.3 Å². The Morgan fingerprint density at radius 3 is 2.86 bits per heavy atom. The predicted octanol–water partition coefficient (Wildman–Crippen LogP) is 2.92. The second-order valence-corrected chi connectivity index (χ2v) is 5.18. The molecule has 1 aromatic heterocycles. The zero-order chi connectivity index (χ0) is 16.1.